The first-order valence-electron chi connectivity index (χ1n) is 7.70. The highest BCUT2D eigenvalue weighted by Crippen LogP contribution is 2.26. The minimum atomic E-state index is -1.35. The highest BCUT2D eigenvalue weighted by Gasteiger charge is 2.36. The molecular formula is C19H22N2O3. The summed E-state index contributed by atoms with van der Waals surface area (Å²) in [6, 6.07) is 17.7. The molecule has 0 aliphatic rings. The lowest BCUT2D eigenvalue weighted by molar-refractivity contribution is -0.134. The summed E-state index contributed by atoms with van der Waals surface area (Å²) in [5.41, 5.74) is 4.03. The predicted octanol–water partition coefficient (Wildman–Crippen LogP) is 1.80. The molecule has 126 valence electrons. The molecule has 5 nitrogen and oxygen atoms in total. The molecule has 4 N–H and O–H groups in total. The van der Waals surface area contributed by atoms with Gasteiger partial charge in [0.15, 0.2) is 0 Å². The summed E-state index contributed by atoms with van der Waals surface area (Å²) in [4.78, 5) is 24.4. The van der Waals surface area contributed by atoms with Crippen molar-refractivity contribution in [3.63, 3.8) is 0 Å². The number of nitrogens with two attached hydrogens (primary N) is 1. The van der Waals surface area contributed by atoms with Gasteiger partial charge in [0.2, 0.25) is 11.8 Å². The Labute approximate surface area is 141 Å². The van der Waals surface area contributed by atoms with E-state index < -0.39 is 23.0 Å². The fraction of sp³-hybridized carbons (Fsp3) is 0.263. The zero-order valence-corrected chi connectivity index (χ0v) is 13.8. The van der Waals surface area contributed by atoms with Crippen molar-refractivity contribution in [2.75, 3.05) is 0 Å². The third-order valence-corrected chi connectivity index (χ3v) is 4.13. The fourth-order valence-electron chi connectivity index (χ4n) is 2.58. The third-order valence-electron chi connectivity index (χ3n) is 4.13. The first-order valence-corrected chi connectivity index (χ1v) is 7.70. The molecule has 0 radical (unpaired) electrons. The number of hydrogen-bond donors (Lipinski definition) is 3. The number of primary amides is 1. The number of amides is 2. The monoisotopic (exact) mass is 326 g/mol. The summed E-state index contributed by atoms with van der Waals surface area (Å²) >= 11 is 0. The van der Waals surface area contributed by atoms with E-state index in [-0.39, 0.29) is 6.42 Å². The number of nitrogens with one attached hydrogen (secondary N) is 1. The fourth-order valence-corrected chi connectivity index (χ4v) is 2.58. The Morgan fingerprint density at radius 1 is 0.958 bits per heavy atom. The van der Waals surface area contributed by atoms with Gasteiger partial charge in [0.1, 0.15) is 5.54 Å². The van der Waals surface area contributed by atoms with E-state index >= 15 is 0 Å². The molecule has 0 aliphatic carbocycles. The summed E-state index contributed by atoms with van der Waals surface area (Å²) in [5, 5.41) is 13.2. The molecule has 5 heteroatoms. The van der Waals surface area contributed by atoms with Gasteiger partial charge in [-0.3, -0.25) is 9.59 Å². The molecule has 0 aromatic heterocycles. The van der Waals surface area contributed by atoms with Crippen LogP contribution in [0.1, 0.15) is 31.4 Å². The Kier molecular flexibility index (Phi) is 5.04. The molecule has 2 unspecified atom stereocenters. The summed E-state index contributed by atoms with van der Waals surface area (Å²) in [5.74, 6) is -1.13. The number of benzene rings is 2. The minimum absolute atomic E-state index is 0.188. The van der Waals surface area contributed by atoms with E-state index in [4.69, 9.17) is 5.73 Å². The van der Waals surface area contributed by atoms with Crippen molar-refractivity contribution in [1.29, 1.82) is 0 Å². The topological polar surface area (TPSA) is 92.4 Å². The van der Waals surface area contributed by atoms with Crippen molar-refractivity contribution in [3.8, 4) is 0 Å². The predicted molar refractivity (Wildman–Crippen MR) is 91.8 cm³/mol. The Morgan fingerprint density at radius 3 is 1.88 bits per heavy atom. The van der Waals surface area contributed by atoms with Crippen LogP contribution in [0.5, 0.6) is 0 Å². The van der Waals surface area contributed by atoms with Gasteiger partial charge in [0.25, 0.3) is 0 Å². The largest absolute Gasteiger partial charge is 0.385 e. The molecule has 2 amide bonds. The molecule has 0 heterocycles. The van der Waals surface area contributed by atoms with Crippen molar-refractivity contribution < 1.29 is 14.7 Å². The van der Waals surface area contributed by atoms with E-state index in [2.05, 4.69) is 5.32 Å². The SMILES string of the molecule is CC(O)(CC(=O)NC(C)(C(N)=O)c1ccccc1)c1ccccc1. The molecule has 24 heavy (non-hydrogen) atoms. The van der Waals surface area contributed by atoms with E-state index in [1.54, 1.807) is 62.4 Å². The average molecular weight is 326 g/mol. The molecule has 2 aromatic rings. The van der Waals surface area contributed by atoms with Gasteiger partial charge in [-0.2, -0.15) is 0 Å². The second-order valence-corrected chi connectivity index (χ2v) is 6.22. The summed E-state index contributed by atoms with van der Waals surface area (Å²) in [6.45, 7) is 3.12. The Balaban J connectivity index is 2.19. The molecule has 0 aliphatic heterocycles. The Hall–Kier alpha value is -2.66. The van der Waals surface area contributed by atoms with Gasteiger partial charge in [-0.1, -0.05) is 60.7 Å². The van der Waals surface area contributed by atoms with Crippen LogP contribution in [-0.2, 0) is 20.7 Å². The van der Waals surface area contributed by atoms with Crippen LogP contribution in [0.3, 0.4) is 0 Å². The van der Waals surface area contributed by atoms with Crippen molar-refractivity contribution in [2.24, 2.45) is 5.73 Å². The van der Waals surface area contributed by atoms with Gasteiger partial charge in [-0.25, -0.2) is 0 Å². The molecular weight excluding hydrogens is 304 g/mol. The molecule has 2 atom stereocenters. The minimum Gasteiger partial charge on any atom is -0.385 e. The van der Waals surface area contributed by atoms with Gasteiger partial charge in [-0.15, -0.1) is 0 Å². The number of carbonyl (C=O) groups is 2. The molecule has 2 aromatic carbocycles. The van der Waals surface area contributed by atoms with Crippen LogP contribution in [0.25, 0.3) is 0 Å². The van der Waals surface area contributed by atoms with E-state index in [0.717, 1.165) is 0 Å². The van der Waals surface area contributed by atoms with Gasteiger partial charge in [-0.05, 0) is 25.0 Å². The Bertz CT molecular complexity index is 714. The molecule has 2 rings (SSSR count). The smallest absolute Gasteiger partial charge is 0.247 e. The first-order chi connectivity index (χ1) is 11.3. The number of aliphatic hydroxyl groups is 1. The lowest BCUT2D eigenvalue weighted by Crippen LogP contribution is -2.53. The van der Waals surface area contributed by atoms with Crippen LogP contribution in [-0.4, -0.2) is 16.9 Å². The van der Waals surface area contributed by atoms with Gasteiger partial charge >= 0.3 is 0 Å². The van der Waals surface area contributed by atoms with Crippen molar-refractivity contribution in [3.05, 3.63) is 71.8 Å². The molecule has 0 fully saturated rings. The summed E-state index contributed by atoms with van der Waals surface area (Å²) in [7, 11) is 0. The highest BCUT2D eigenvalue weighted by molar-refractivity contribution is 5.91. The molecule has 0 saturated carbocycles. The molecule has 0 saturated heterocycles. The van der Waals surface area contributed by atoms with Gasteiger partial charge in [0, 0.05) is 0 Å². The van der Waals surface area contributed by atoms with Gasteiger partial charge in [0.05, 0.1) is 12.0 Å². The van der Waals surface area contributed by atoms with Crippen molar-refractivity contribution >= 4 is 11.8 Å². The normalized spacial score (nSPS) is 15.8. The zero-order chi connectivity index (χ0) is 17.8. The van der Waals surface area contributed by atoms with Crippen LogP contribution < -0.4 is 11.1 Å². The summed E-state index contributed by atoms with van der Waals surface area (Å²) < 4.78 is 0. The van der Waals surface area contributed by atoms with E-state index in [1.807, 2.05) is 12.1 Å². The van der Waals surface area contributed by atoms with Crippen molar-refractivity contribution in [1.82, 2.24) is 5.32 Å². The standard InChI is InChI=1S/C19H22N2O3/c1-18(24,14-9-5-3-6-10-14)13-16(22)21-19(2,17(20)23)15-11-7-4-8-12-15/h3-12,24H,13H2,1-2H3,(H2,20,23)(H,21,22). The lowest BCUT2D eigenvalue weighted by atomic mass is 9.89. The van der Waals surface area contributed by atoms with Gasteiger partial charge < -0.3 is 16.2 Å². The number of rotatable bonds is 6. The van der Waals surface area contributed by atoms with Crippen LogP contribution in [0.15, 0.2) is 60.7 Å². The molecule has 0 spiro atoms. The average Bonchev–Trinajstić information content (AvgIpc) is 2.55. The maximum Gasteiger partial charge on any atom is 0.247 e. The van der Waals surface area contributed by atoms with Crippen LogP contribution in [0.2, 0.25) is 0 Å². The van der Waals surface area contributed by atoms with E-state index in [1.165, 1.54) is 0 Å². The van der Waals surface area contributed by atoms with Crippen LogP contribution in [0, 0.1) is 0 Å². The van der Waals surface area contributed by atoms with E-state index in [9.17, 15) is 14.7 Å². The summed E-state index contributed by atoms with van der Waals surface area (Å²) in [6.07, 6.45) is -0.188. The number of carbonyl (C=O) groups excluding carboxylic acids is 2. The lowest BCUT2D eigenvalue weighted by Gasteiger charge is -2.30. The highest BCUT2D eigenvalue weighted by atomic mass is 16.3. The first kappa shape index (κ1) is 17.7. The second kappa shape index (κ2) is 6.84. The zero-order valence-electron chi connectivity index (χ0n) is 13.8. The Morgan fingerprint density at radius 2 is 1.42 bits per heavy atom. The van der Waals surface area contributed by atoms with Crippen LogP contribution >= 0.6 is 0 Å². The third kappa shape index (κ3) is 3.81. The van der Waals surface area contributed by atoms with Crippen molar-refractivity contribution in [2.45, 2.75) is 31.4 Å². The second-order valence-electron chi connectivity index (χ2n) is 6.22. The van der Waals surface area contributed by atoms with E-state index in [0.29, 0.717) is 11.1 Å². The maximum absolute atomic E-state index is 12.4. The van der Waals surface area contributed by atoms with Crippen LogP contribution in [0.4, 0.5) is 0 Å². The molecule has 0 bridgehead atoms. The quantitative estimate of drug-likeness (QED) is 0.756. The maximum atomic E-state index is 12.4. The number of hydrogen-bond acceptors (Lipinski definition) is 3.